The van der Waals surface area contributed by atoms with Crippen LogP contribution < -0.4 is 5.32 Å². The van der Waals surface area contributed by atoms with Gasteiger partial charge in [0, 0.05) is 23.5 Å². The molecule has 156 valence electrons. The maximum Gasteiger partial charge on any atom is 0.338 e. The van der Waals surface area contributed by atoms with Crippen LogP contribution in [0.5, 0.6) is 0 Å². The van der Waals surface area contributed by atoms with Crippen molar-refractivity contribution in [1.29, 1.82) is 0 Å². The molecule has 30 heavy (non-hydrogen) atoms. The van der Waals surface area contributed by atoms with E-state index in [2.05, 4.69) is 11.9 Å². The Labute approximate surface area is 174 Å². The number of amides is 3. The zero-order valence-electron chi connectivity index (χ0n) is 16.9. The van der Waals surface area contributed by atoms with E-state index in [1.54, 1.807) is 24.3 Å². The van der Waals surface area contributed by atoms with Crippen molar-refractivity contribution in [2.75, 3.05) is 13.2 Å². The first-order valence-corrected chi connectivity index (χ1v) is 9.47. The summed E-state index contributed by atoms with van der Waals surface area (Å²) in [7, 11) is 0. The van der Waals surface area contributed by atoms with Gasteiger partial charge in [-0.2, -0.15) is 0 Å². The molecule has 1 fully saturated rings. The summed E-state index contributed by atoms with van der Waals surface area (Å²) in [6.07, 6.45) is 1.75. The van der Waals surface area contributed by atoms with Crippen LogP contribution >= 0.6 is 0 Å². The van der Waals surface area contributed by atoms with Crippen molar-refractivity contribution in [2.24, 2.45) is 0 Å². The molecule has 0 unspecified atom stereocenters. The van der Waals surface area contributed by atoms with E-state index in [0.29, 0.717) is 17.7 Å². The molecule has 1 aliphatic heterocycles. The number of urea groups is 1. The van der Waals surface area contributed by atoms with Crippen LogP contribution in [0.4, 0.5) is 4.79 Å². The summed E-state index contributed by atoms with van der Waals surface area (Å²) in [6.45, 7) is 7.82. The summed E-state index contributed by atoms with van der Waals surface area (Å²) in [6, 6.07) is 7.70. The van der Waals surface area contributed by atoms with Gasteiger partial charge in [0.15, 0.2) is 6.61 Å². The van der Waals surface area contributed by atoms with Crippen molar-refractivity contribution in [1.82, 2.24) is 14.8 Å². The molecule has 1 aromatic heterocycles. The molecule has 1 N–H and O–H groups in total. The number of carbonyl (C=O) groups is 4. The predicted molar refractivity (Wildman–Crippen MR) is 109 cm³/mol. The van der Waals surface area contributed by atoms with Crippen LogP contribution in [-0.4, -0.2) is 46.3 Å². The van der Waals surface area contributed by atoms with Crippen LogP contribution in [-0.2, 0) is 22.6 Å². The Hall–Kier alpha value is -3.68. The average molecular weight is 409 g/mol. The lowest BCUT2D eigenvalue weighted by Gasteiger charge is -2.12. The van der Waals surface area contributed by atoms with Crippen LogP contribution in [0.1, 0.15) is 37.7 Å². The molecule has 0 spiro atoms. The number of benzene rings is 1. The number of esters is 1. The minimum absolute atomic E-state index is 0.00670. The van der Waals surface area contributed by atoms with E-state index in [1.165, 1.54) is 12.1 Å². The van der Waals surface area contributed by atoms with Gasteiger partial charge in [-0.3, -0.25) is 14.5 Å². The highest BCUT2D eigenvalue weighted by Gasteiger charge is 2.28. The number of aryl methyl sites for hydroxylation is 1. The van der Waals surface area contributed by atoms with Gasteiger partial charge in [0.05, 0.1) is 18.7 Å². The number of hydrogen-bond acceptors (Lipinski definition) is 5. The second kappa shape index (κ2) is 8.77. The van der Waals surface area contributed by atoms with Crippen LogP contribution in [0.25, 0.3) is 0 Å². The molecule has 1 aliphatic rings. The monoisotopic (exact) mass is 409 g/mol. The van der Waals surface area contributed by atoms with E-state index in [4.69, 9.17) is 4.74 Å². The summed E-state index contributed by atoms with van der Waals surface area (Å²) in [4.78, 5) is 49.1. The number of ether oxygens (including phenoxy) is 1. The average Bonchev–Trinajstić information content (AvgIpc) is 3.20. The van der Waals surface area contributed by atoms with Crippen molar-refractivity contribution in [3.8, 4) is 0 Å². The summed E-state index contributed by atoms with van der Waals surface area (Å²) in [5.41, 5.74) is 3.23. The number of nitrogens with zero attached hydrogens (tertiary/aromatic N) is 2. The maximum absolute atomic E-state index is 12.5. The molecular weight excluding hydrogens is 386 g/mol. The second-order valence-corrected chi connectivity index (χ2v) is 7.02. The fourth-order valence-corrected chi connectivity index (χ4v) is 3.33. The quantitative estimate of drug-likeness (QED) is 0.312. The van der Waals surface area contributed by atoms with E-state index in [-0.39, 0.29) is 37.0 Å². The zero-order chi connectivity index (χ0) is 21.8. The first-order valence-electron chi connectivity index (χ1n) is 9.47. The van der Waals surface area contributed by atoms with Crippen LogP contribution in [0.15, 0.2) is 43.0 Å². The van der Waals surface area contributed by atoms with Gasteiger partial charge in [0.2, 0.25) is 11.7 Å². The highest BCUT2D eigenvalue weighted by Crippen LogP contribution is 2.17. The molecule has 0 bridgehead atoms. The Balaban J connectivity index is 1.59. The summed E-state index contributed by atoms with van der Waals surface area (Å²) in [5.74, 6) is -1.19. The molecule has 0 radical (unpaired) electrons. The largest absolute Gasteiger partial charge is 0.454 e. The third-order valence-electron chi connectivity index (χ3n) is 4.99. The Morgan fingerprint density at radius 3 is 2.50 bits per heavy atom. The molecule has 1 saturated heterocycles. The van der Waals surface area contributed by atoms with Crippen molar-refractivity contribution < 1.29 is 23.9 Å². The van der Waals surface area contributed by atoms with Crippen LogP contribution in [0.3, 0.4) is 0 Å². The molecule has 0 saturated carbocycles. The molecule has 1 aromatic carbocycles. The number of ketones is 1. The normalized spacial score (nSPS) is 13.3. The first kappa shape index (κ1) is 21.0. The molecule has 3 rings (SSSR count). The van der Waals surface area contributed by atoms with Gasteiger partial charge in [0.25, 0.3) is 0 Å². The summed E-state index contributed by atoms with van der Waals surface area (Å²) < 4.78 is 7.13. The Morgan fingerprint density at radius 1 is 1.20 bits per heavy atom. The smallest absolute Gasteiger partial charge is 0.338 e. The fraction of sp³-hybridized carbons (Fsp3) is 0.273. The molecule has 2 aromatic rings. The molecule has 3 amide bonds. The molecule has 8 nitrogen and oxygen atoms in total. The van der Waals surface area contributed by atoms with E-state index < -0.39 is 12.0 Å². The van der Waals surface area contributed by atoms with Crippen molar-refractivity contribution in [2.45, 2.75) is 26.9 Å². The maximum atomic E-state index is 12.5. The predicted octanol–water partition coefficient (Wildman–Crippen LogP) is 2.38. The van der Waals surface area contributed by atoms with Gasteiger partial charge in [-0.1, -0.05) is 18.2 Å². The first-order chi connectivity index (χ1) is 14.3. The van der Waals surface area contributed by atoms with E-state index in [1.807, 2.05) is 18.4 Å². The fourth-order valence-electron chi connectivity index (χ4n) is 3.33. The third kappa shape index (κ3) is 4.32. The lowest BCUT2D eigenvalue weighted by Crippen LogP contribution is -2.30. The molecule has 0 atom stereocenters. The van der Waals surface area contributed by atoms with Crippen LogP contribution in [0.2, 0.25) is 0 Å². The number of hydrogen-bond donors (Lipinski definition) is 1. The van der Waals surface area contributed by atoms with Crippen LogP contribution in [0, 0.1) is 13.8 Å². The Bertz CT molecular complexity index is 1000. The minimum atomic E-state index is -0.621. The standard InChI is InChI=1S/C22H23N3O5/c1-4-9-24-14(2)10-18(15(24)3)19(26)13-30-21(28)17-7-5-16(6-8-17)12-25-20(27)11-23-22(25)29/h4-8,10H,1,9,11-13H2,2-3H3,(H,23,29). The van der Waals surface area contributed by atoms with Gasteiger partial charge >= 0.3 is 12.0 Å². The second-order valence-electron chi connectivity index (χ2n) is 7.02. The lowest BCUT2D eigenvalue weighted by molar-refractivity contribution is -0.125. The SMILES string of the molecule is C=CCn1c(C)cc(C(=O)COC(=O)c2ccc(CN3C(=O)CNC3=O)cc2)c1C. The van der Waals surface area contributed by atoms with Gasteiger partial charge in [-0.15, -0.1) is 6.58 Å². The minimum Gasteiger partial charge on any atom is -0.454 e. The van der Waals surface area contributed by atoms with E-state index >= 15 is 0 Å². The van der Waals surface area contributed by atoms with Crippen molar-refractivity contribution in [3.05, 3.63) is 71.1 Å². The number of allylic oxidation sites excluding steroid dienone is 1. The topological polar surface area (TPSA) is 97.7 Å². The highest BCUT2D eigenvalue weighted by molar-refractivity contribution is 6.02. The number of nitrogens with one attached hydrogen (secondary N) is 1. The molecular formula is C22H23N3O5. The van der Waals surface area contributed by atoms with Gasteiger partial charge in [-0.05, 0) is 37.6 Å². The number of Topliss-reactive ketones (excluding diaryl/α,β-unsaturated/α-hetero) is 1. The highest BCUT2D eigenvalue weighted by atomic mass is 16.5. The number of carbonyl (C=O) groups excluding carboxylic acids is 4. The number of rotatable bonds is 8. The van der Waals surface area contributed by atoms with E-state index in [0.717, 1.165) is 16.3 Å². The summed E-state index contributed by atoms with van der Waals surface area (Å²) >= 11 is 0. The molecule has 8 heteroatoms. The van der Waals surface area contributed by atoms with E-state index in [9.17, 15) is 19.2 Å². The van der Waals surface area contributed by atoms with Gasteiger partial charge in [0.1, 0.15) is 0 Å². The zero-order valence-corrected chi connectivity index (χ0v) is 16.9. The summed E-state index contributed by atoms with van der Waals surface area (Å²) in [5, 5.41) is 2.45. The van der Waals surface area contributed by atoms with Gasteiger partial charge in [-0.25, -0.2) is 9.59 Å². The third-order valence-corrected chi connectivity index (χ3v) is 4.99. The van der Waals surface area contributed by atoms with Gasteiger partial charge < -0.3 is 14.6 Å². The molecule has 2 heterocycles. The van der Waals surface area contributed by atoms with Crippen molar-refractivity contribution >= 4 is 23.7 Å². The van der Waals surface area contributed by atoms with Crippen molar-refractivity contribution in [3.63, 3.8) is 0 Å². The number of aromatic nitrogens is 1. The Kier molecular flexibility index (Phi) is 6.15. The number of imide groups is 1. The molecule has 0 aliphatic carbocycles. The Morgan fingerprint density at radius 2 is 1.90 bits per heavy atom. The lowest BCUT2D eigenvalue weighted by atomic mass is 10.1.